The number of amides is 6. The van der Waals surface area contributed by atoms with Gasteiger partial charge in [0.25, 0.3) is 17.7 Å². The predicted octanol–water partition coefficient (Wildman–Crippen LogP) is 6.18. The summed E-state index contributed by atoms with van der Waals surface area (Å²) in [5, 5.41) is 30.5. The number of nitrogens with two attached hydrogens (primary N) is 1. The van der Waals surface area contributed by atoms with E-state index in [2.05, 4.69) is 58.8 Å². The van der Waals surface area contributed by atoms with Crippen LogP contribution in [0.5, 0.6) is 0 Å². The molecule has 0 atom stereocenters. The average molecular weight is 1030 g/mol. The summed E-state index contributed by atoms with van der Waals surface area (Å²) in [7, 11) is 0. The van der Waals surface area contributed by atoms with E-state index in [9.17, 15) is 40.4 Å². The van der Waals surface area contributed by atoms with E-state index in [1.807, 2.05) is 0 Å². The quantitative estimate of drug-likeness (QED) is 0.0807. The average Bonchev–Trinajstić information content (AvgIpc) is 4.12. The standard InChI is InChI=1S/C15H15FN4O3S.C12H10FN4O3S.C10H7FN4O3S.Y/c16-24-11-6-4-5-10(9-11)12(21)17-15-19-18-13(23-15)14(22)20-7-2-1-3-8-20;1-2-14-10(19)11-16-17-12(20-11)15-9(18)7-4-3-5-8(6-7)21-13;11-19-6-3-1-2-5(4-6)8(17)13-10-15-14-9(18-10)7(12)16;/h4-6,9H,1-3,7-8H2,(H,17,19,21);3-6H,1-2H2,(H,14,19)(H,15,17,18);1-4H,(H2,12,16)(H,13,15,17);/q;-1;;. The number of primary amides is 1. The summed E-state index contributed by atoms with van der Waals surface area (Å²) >= 11 is 0.101. The second-order valence-corrected chi connectivity index (χ2v) is 14.3. The Morgan fingerprint density at radius 3 is 1.35 bits per heavy atom. The number of benzene rings is 3. The van der Waals surface area contributed by atoms with Crippen molar-refractivity contribution in [1.29, 1.82) is 0 Å². The molecule has 1 radical (unpaired) electrons. The van der Waals surface area contributed by atoms with Gasteiger partial charge in [-0.25, -0.2) is 0 Å². The first kappa shape index (κ1) is 51.5. The van der Waals surface area contributed by atoms with E-state index in [1.54, 1.807) is 17.0 Å². The van der Waals surface area contributed by atoms with Gasteiger partial charge in [0.1, 0.15) is 0 Å². The van der Waals surface area contributed by atoms with Crippen LogP contribution >= 0.6 is 36.4 Å². The molecule has 3 aromatic carbocycles. The molecule has 0 saturated carbocycles. The van der Waals surface area contributed by atoms with Crippen LogP contribution < -0.4 is 27.0 Å². The molecule has 28 heteroatoms. The monoisotopic (exact) mass is 1030 g/mol. The van der Waals surface area contributed by atoms with Crippen molar-refractivity contribution < 1.29 is 86.4 Å². The molecule has 3 aromatic heterocycles. The summed E-state index contributed by atoms with van der Waals surface area (Å²) in [5.41, 5.74) is 5.60. The number of rotatable bonds is 13. The van der Waals surface area contributed by atoms with Crippen LogP contribution in [0.25, 0.3) is 0 Å². The Balaban J connectivity index is 0.000000213. The fourth-order valence-electron chi connectivity index (χ4n) is 5.08. The molecule has 0 spiro atoms. The van der Waals surface area contributed by atoms with Crippen molar-refractivity contribution in [1.82, 2.24) is 40.8 Å². The maximum atomic E-state index is 12.6. The van der Waals surface area contributed by atoms with E-state index in [0.717, 1.165) is 19.3 Å². The zero-order valence-corrected chi connectivity index (χ0v) is 38.5. The third-order valence-corrected chi connectivity index (χ3v) is 9.31. The third-order valence-electron chi connectivity index (χ3n) is 8.01. The number of carbonyl (C=O) groups is 6. The number of hydrogen-bond acceptors (Lipinski definition) is 18. The number of nitrogens with zero attached hydrogens (tertiary/aromatic N) is 7. The molecule has 0 aliphatic carbocycles. The molecule has 1 aliphatic rings. The maximum absolute atomic E-state index is 12.6. The van der Waals surface area contributed by atoms with Crippen molar-refractivity contribution in [2.24, 2.45) is 5.73 Å². The van der Waals surface area contributed by atoms with Crippen LogP contribution in [0.2, 0.25) is 0 Å². The van der Waals surface area contributed by atoms with Gasteiger partial charge in [0.15, 0.2) is 0 Å². The third kappa shape index (κ3) is 15.5. The Hall–Kier alpha value is -6.16. The number of hydrogen-bond donors (Lipinski definition) is 5. The summed E-state index contributed by atoms with van der Waals surface area (Å²) in [6.45, 7) is 4.93. The first-order chi connectivity index (χ1) is 30.9. The van der Waals surface area contributed by atoms with Crippen LogP contribution in [0.4, 0.5) is 29.7 Å². The Labute approximate surface area is 403 Å². The van der Waals surface area contributed by atoms with Crippen molar-refractivity contribution in [3.05, 3.63) is 114 Å². The number of anilines is 3. The molecule has 337 valence electrons. The van der Waals surface area contributed by atoms with Crippen LogP contribution in [0.15, 0.2) is 101 Å². The van der Waals surface area contributed by atoms with Gasteiger partial charge in [-0.3, -0.25) is 44.7 Å². The molecule has 65 heavy (non-hydrogen) atoms. The number of piperidine rings is 1. The largest absolute Gasteiger partial charge is 0.399 e. The van der Waals surface area contributed by atoms with E-state index in [1.165, 1.54) is 60.7 Å². The molecule has 6 aromatic rings. The molecule has 21 nitrogen and oxygen atoms in total. The summed E-state index contributed by atoms with van der Waals surface area (Å²) in [5.74, 6) is -4.33. The summed E-state index contributed by atoms with van der Waals surface area (Å²) in [6, 6.07) is 17.2. The molecule has 1 saturated heterocycles. The van der Waals surface area contributed by atoms with Crippen molar-refractivity contribution >= 4 is 89.9 Å². The van der Waals surface area contributed by atoms with Gasteiger partial charge in [-0.2, -0.15) is 11.7 Å². The van der Waals surface area contributed by atoms with Gasteiger partial charge in [-0.1, -0.05) is 33.5 Å². The summed E-state index contributed by atoms with van der Waals surface area (Å²) < 4.78 is 52.4. The van der Waals surface area contributed by atoms with E-state index >= 15 is 0 Å². The molecule has 1 fully saturated rings. The zero-order valence-electron chi connectivity index (χ0n) is 33.2. The predicted molar refractivity (Wildman–Crippen MR) is 223 cm³/mol. The van der Waals surface area contributed by atoms with Gasteiger partial charge in [-0.15, -0.1) is 21.8 Å². The van der Waals surface area contributed by atoms with Gasteiger partial charge >= 0.3 is 53.4 Å². The van der Waals surface area contributed by atoms with Crippen LogP contribution in [-0.4, -0.2) is 90.6 Å². The number of likely N-dealkylation sites (tertiary alicyclic amines) is 1. The van der Waals surface area contributed by atoms with Gasteiger partial charge < -0.3 is 36.1 Å². The number of nitrogens with one attached hydrogen (secondary N) is 4. The van der Waals surface area contributed by atoms with Crippen LogP contribution in [-0.2, 0) is 32.7 Å². The minimum absolute atomic E-state index is 0. The van der Waals surface area contributed by atoms with E-state index in [0.29, 0.717) is 22.9 Å². The summed E-state index contributed by atoms with van der Waals surface area (Å²) in [6.07, 6.45) is 3.00. The minimum atomic E-state index is -0.899. The number of carbonyl (C=O) groups excluding carboxylic acids is 6. The second kappa shape index (κ2) is 26.0. The smallest absolute Gasteiger partial charge is 0.322 e. The van der Waals surface area contributed by atoms with Crippen LogP contribution in [0.1, 0.15) is 82.4 Å². The first-order valence-corrected chi connectivity index (χ1v) is 20.3. The van der Waals surface area contributed by atoms with Gasteiger partial charge in [0, 0.05) is 77.2 Å². The van der Waals surface area contributed by atoms with Crippen LogP contribution in [0, 0.1) is 6.92 Å². The van der Waals surface area contributed by atoms with Gasteiger partial charge in [-0.05, 0) is 73.9 Å². The number of halogens is 3. The van der Waals surface area contributed by atoms with E-state index in [4.69, 9.17) is 19.0 Å². The Bertz CT molecular complexity index is 2600. The molecule has 6 amide bonds. The second-order valence-electron chi connectivity index (χ2n) is 12.4. The normalized spacial score (nSPS) is 11.6. The minimum Gasteiger partial charge on any atom is -0.399 e. The fourth-order valence-corrected chi connectivity index (χ4v) is 5.99. The molecular weight excluding hydrogens is 999 g/mol. The van der Waals surface area contributed by atoms with Crippen molar-refractivity contribution in [3.8, 4) is 0 Å². The molecule has 6 N–H and O–H groups in total. The number of aromatic nitrogens is 6. The Morgan fingerprint density at radius 2 is 0.969 bits per heavy atom. The molecule has 7 rings (SSSR count). The van der Waals surface area contributed by atoms with Gasteiger partial charge in [0.05, 0.1) is 36.4 Å². The maximum Gasteiger partial charge on any atom is 0.322 e. The Kier molecular flexibility index (Phi) is 20.6. The first-order valence-electron chi connectivity index (χ1n) is 18.2. The van der Waals surface area contributed by atoms with Crippen molar-refractivity contribution in [3.63, 3.8) is 0 Å². The molecular formula is C37H32F3N12O9S3Y-. The molecule has 0 unspecified atom stereocenters. The van der Waals surface area contributed by atoms with E-state index in [-0.39, 0.29) is 133 Å². The molecule has 4 heterocycles. The van der Waals surface area contributed by atoms with E-state index < -0.39 is 35.4 Å². The van der Waals surface area contributed by atoms with Gasteiger partial charge in [0.2, 0.25) is 0 Å². The van der Waals surface area contributed by atoms with Crippen LogP contribution in [0.3, 0.4) is 0 Å². The molecule has 0 bridgehead atoms. The topological polar surface area (TPSA) is 297 Å². The Morgan fingerprint density at radius 1 is 0.585 bits per heavy atom. The molecule has 1 aliphatic heterocycles. The SMILES string of the molecule is NC(=O)c1nnc(NC(=O)c2cccc(SF)c2)o1.O=C(Nc1nnc(C(=O)N2CCCCC2)o1)c1cccc(SF)c1.[CH2-]CNC(=O)c1nnc(NC(=O)c2cccc(SF)c2)o1.[Y]. The van der Waals surface area contributed by atoms with Crippen molar-refractivity contribution in [2.75, 3.05) is 35.6 Å². The summed E-state index contributed by atoms with van der Waals surface area (Å²) in [4.78, 5) is 72.7. The fraction of sp³-hybridized carbons (Fsp3) is 0.162. The zero-order chi connectivity index (χ0) is 46.0. The van der Waals surface area contributed by atoms with Crippen molar-refractivity contribution in [2.45, 2.75) is 33.9 Å².